The fraction of sp³-hybridized carbons (Fsp3) is 0.304. The van der Waals surface area contributed by atoms with E-state index in [1.165, 1.54) is 6.20 Å². The van der Waals surface area contributed by atoms with Crippen LogP contribution in [0.15, 0.2) is 48.7 Å². The molecule has 1 amide bonds. The van der Waals surface area contributed by atoms with E-state index in [9.17, 15) is 18.0 Å². The van der Waals surface area contributed by atoms with E-state index < -0.39 is 24.2 Å². The van der Waals surface area contributed by atoms with Gasteiger partial charge in [-0.05, 0) is 49.6 Å². The molecule has 0 bridgehead atoms. The smallest absolute Gasteiger partial charge is 0.363 e. The minimum Gasteiger partial charge on any atom is -0.363 e. The number of hydrogen-bond donors (Lipinski definition) is 2. The summed E-state index contributed by atoms with van der Waals surface area (Å²) < 4.78 is 42.4. The summed E-state index contributed by atoms with van der Waals surface area (Å²) in [5.41, 5.74) is 4.36. The highest BCUT2D eigenvalue weighted by molar-refractivity contribution is 6.07. The first-order valence-electron chi connectivity index (χ1n) is 9.99. The number of carbonyl (C=O) groups excluding carboxylic acids is 1. The van der Waals surface area contributed by atoms with Gasteiger partial charge in [0.15, 0.2) is 6.04 Å². The van der Waals surface area contributed by atoms with E-state index in [2.05, 4.69) is 15.7 Å². The van der Waals surface area contributed by atoms with Crippen LogP contribution >= 0.6 is 0 Å². The molecular formula is C23H23F3N4O. The van der Waals surface area contributed by atoms with E-state index in [1.807, 2.05) is 63.2 Å². The first-order valence-corrected chi connectivity index (χ1v) is 9.99. The topological polar surface area (TPSA) is 59.0 Å². The van der Waals surface area contributed by atoms with Crippen molar-refractivity contribution in [2.75, 3.05) is 10.6 Å². The molecule has 2 atom stereocenters. The predicted octanol–water partition coefficient (Wildman–Crippen LogP) is 5.72. The highest BCUT2D eigenvalue weighted by atomic mass is 19.4. The van der Waals surface area contributed by atoms with E-state index in [4.69, 9.17) is 0 Å². The van der Waals surface area contributed by atoms with E-state index in [0.29, 0.717) is 5.69 Å². The monoisotopic (exact) mass is 428 g/mol. The molecule has 0 fully saturated rings. The zero-order chi connectivity index (χ0) is 22.3. The average Bonchev–Trinajstić information content (AvgIpc) is 3.10. The van der Waals surface area contributed by atoms with Gasteiger partial charge in [-0.3, -0.25) is 4.79 Å². The van der Waals surface area contributed by atoms with Crippen LogP contribution in [0.25, 0.3) is 0 Å². The summed E-state index contributed by atoms with van der Waals surface area (Å²) in [5.74, 6) is -0.440. The van der Waals surface area contributed by atoms with Crippen LogP contribution in [-0.2, 0) is 0 Å². The molecule has 31 heavy (non-hydrogen) atoms. The van der Waals surface area contributed by atoms with Gasteiger partial charge in [0.05, 0.1) is 12.2 Å². The number of amides is 1. The van der Waals surface area contributed by atoms with Crippen LogP contribution in [0.1, 0.15) is 51.1 Å². The number of aryl methyl sites for hydroxylation is 3. The van der Waals surface area contributed by atoms with Gasteiger partial charge in [-0.15, -0.1) is 0 Å². The quantitative estimate of drug-likeness (QED) is 0.561. The molecule has 162 valence electrons. The Morgan fingerprint density at radius 2 is 1.71 bits per heavy atom. The van der Waals surface area contributed by atoms with Gasteiger partial charge >= 0.3 is 6.18 Å². The Hall–Kier alpha value is -3.29. The average molecular weight is 428 g/mol. The Kier molecular flexibility index (Phi) is 5.24. The lowest BCUT2D eigenvalue weighted by atomic mass is 9.96. The molecule has 4 rings (SSSR count). The number of carbonyl (C=O) groups is 1. The molecule has 1 aliphatic rings. The van der Waals surface area contributed by atoms with Gasteiger partial charge < -0.3 is 10.6 Å². The predicted molar refractivity (Wildman–Crippen MR) is 113 cm³/mol. The lowest BCUT2D eigenvalue weighted by Crippen LogP contribution is -2.36. The largest absolute Gasteiger partial charge is 0.410 e. The lowest BCUT2D eigenvalue weighted by molar-refractivity contribution is -0.173. The normalized spacial score (nSPS) is 18.3. The van der Waals surface area contributed by atoms with Gasteiger partial charge in [-0.25, -0.2) is 4.68 Å². The summed E-state index contributed by atoms with van der Waals surface area (Å²) in [4.78, 5) is 12.9. The van der Waals surface area contributed by atoms with Crippen molar-refractivity contribution in [1.82, 2.24) is 9.78 Å². The molecule has 5 nitrogen and oxygen atoms in total. The lowest BCUT2D eigenvalue weighted by Gasteiger charge is -2.34. The number of nitrogens with one attached hydrogen (secondary N) is 2. The zero-order valence-electron chi connectivity index (χ0n) is 17.4. The summed E-state index contributed by atoms with van der Waals surface area (Å²) in [5, 5.41) is 9.81. The summed E-state index contributed by atoms with van der Waals surface area (Å²) >= 11 is 0. The zero-order valence-corrected chi connectivity index (χ0v) is 17.4. The molecule has 0 saturated carbocycles. The molecule has 2 aromatic carbocycles. The first-order chi connectivity index (χ1) is 14.6. The Morgan fingerprint density at radius 1 is 1.06 bits per heavy atom. The fourth-order valence-corrected chi connectivity index (χ4v) is 3.99. The summed E-state index contributed by atoms with van der Waals surface area (Å²) in [6, 6.07) is 10.5. The van der Waals surface area contributed by atoms with Crippen LogP contribution in [0.3, 0.4) is 0 Å². The standard InChI is InChI=1S/C23H23F3N4O/c1-13-4-6-16(7-5-13)19-11-20(23(24,25)26)30-21(29-19)18(12-27-30)22(31)28-17-9-14(2)8-15(3)10-17/h4-10,12,19-20,29H,11H2,1-3H3,(H,28,31)/t19-,20-/m1/s1. The van der Waals surface area contributed by atoms with Gasteiger partial charge in [0.25, 0.3) is 5.91 Å². The van der Waals surface area contributed by atoms with Crippen molar-refractivity contribution in [3.8, 4) is 0 Å². The molecule has 0 radical (unpaired) electrons. The maximum absolute atomic E-state index is 13.8. The highest BCUT2D eigenvalue weighted by Gasteiger charge is 2.47. The van der Waals surface area contributed by atoms with E-state index in [-0.39, 0.29) is 17.8 Å². The first kappa shape index (κ1) is 21.0. The Labute approximate surface area is 178 Å². The number of hydrogen-bond acceptors (Lipinski definition) is 3. The molecule has 3 aromatic rings. The number of fused-ring (bicyclic) bond motifs is 1. The second-order valence-corrected chi connectivity index (χ2v) is 8.08. The van der Waals surface area contributed by atoms with Crippen LogP contribution in [0, 0.1) is 20.8 Å². The van der Waals surface area contributed by atoms with Crippen LogP contribution in [0.2, 0.25) is 0 Å². The summed E-state index contributed by atoms with van der Waals surface area (Å²) in [6.07, 6.45) is -3.51. The molecule has 0 aliphatic carbocycles. The van der Waals surface area contributed by atoms with E-state index in [0.717, 1.165) is 26.9 Å². The number of aromatic nitrogens is 2. The van der Waals surface area contributed by atoms with Crippen molar-refractivity contribution in [1.29, 1.82) is 0 Å². The maximum Gasteiger partial charge on any atom is 0.410 e. The molecule has 1 aliphatic heterocycles. The third kappa shape index (κ3) is 4.28. The number of alkyl halides is 3. The minimum absolute atomic E-state index is 0.0704. The molecule has 2 N–H and O–H groups in total. The number of benzene rings is 2. The third-order valence-corrected chi connectivity index (χ3v) is 5.44. The molecule has 0 spiro atoms. The van der Waals surface area contributed by atoms with Gasteiger partial charge in [0.2, 0.25) is 0 Å². The highest BCUT2D eigenvalue weighted by Crippen LogP contribution is 2.44. The number of anilines is 2. The number of nitrogens with zero attached hydrogens (tertiary/aromatic N) is 2. The van der Waals surface area contributed by atoms with Crippen LogP contribution in [0.5, 0.6) is 0 Å². The Bertz CT molecular complexity index is 1100. The molecule has 1 aromatic heterocycles. The van der Waals surface area contributed by atoms with Crippen molar-refractivity contribution in [3.63, 3.8) is 0 Å². The molecule has 0 saturated heterocycles. The molecule has 8 heteroatoms. The third-order valence-electron chi connectivity index (χ3n) is 5.44. The van der Waals surface area contributed by atoms with E-state index in [1.54, 1.807) is 0 Å². The number of halogens is 3. The molecule has 0 unspecified atom stereocenters. The SMILES string of the molecule is Cc1ccc([C@H]2C[C@H](C(F)(F)F)n3ncc(C(=O)Nc4cc(C)cc(C)c4)c3N2)cc1. The van der Waals surface area contributed by atoms with Crippen LogP contribution in [0.4, 0.5) is 24.7 Å². The maximum atomic E-state index is 13.8. The second kappa shape index (κ2) is 7.76. The van der Waals surface area contributed by atoms with Crippen molar-refractivity contribution < 1.29 is 18.0 Å². The fourth-order valence-electron chi connectivity index (χ4n) is 3.99. The molecular weight excluding hydrogens is 405 g/mol. The van der Waals surface area contributed by atoms with E-state index >= 15 is 0 Å². The van der Waals surface area contributed by atoms with Gasteiger partial charge in [0.1, 0.15) is 11.4 Å². The summed E-state index contributed by atoms with van der Waals surface area (Å²) in [7, 11) is 0. The Balaban J connectivity index is 1.69. The van der Waals surface area contributed by atoms with Crippen molar-refractivity contribution in [3.05, 3.63) is 76.5 Å². The Morgan fingerprint density at radius 3 is 2.32 bits per heavy atom. The van der Waals surface area contributed by atoms with Crippen molar-refractivity contribution >= 4 is 17.4 Å². The van der Waals surface area contributed by atoms with Crippen LogP contribution in [-0.4, -0.2) is 21.9 Å². The van der Waals surface area contributed by atoms with Crippen molar-refractivity contribution in [2.24, 2.45) is 0 Å². The minimum atomic E-state index is -4.49. The molecule has 2 heterocycles. The van der Waals surface area contributed by atoms with Gasteiger partial charge in [0, 0.05) is 12.1 Å². The van der Waals surface area contributed by atoms with Crippen molar-refractivity contribution in [2.45, 2.75) is 45.5 Å². The summed E-state index contributed by atoms with van der Waals surface area (Å²) in [6.45, 7) is 5.74. The van der Waals surface area contributed by atoms with Gasteiger partial charge in [-0.1, -0.05) is 35.9 Å². The number of rotatable bonds is 3. The second-order valence-electron chi connectivity index (χ2n) is 8.08. The van der Waals surface area contributed by atoms with Crippen LogP contribution < -0.4 is 10.6 Å². The van der Waals surface area contributed by atoms with Gasteiger partial charge in [-0.2, -0.15) is 18.3 Å².